The van der Waals surface area contributed by atoms with Gasteiger partial charge in [-0.05, 0) is 18.2 Å². The fourth-order valence-corrected chi connectivity index (χ4v) is 2.34. The molecule has 1 fully saturated rings. The molecule has 1 unspecified atom stereocenters. The van der Waals surface area contributed by atoms with Crippen LogP contribution in [0.1, 0.15) is 11.8 Å². The van der Waals surface area contributed by atoms with Crippen LogP contribution in [0.5, 0.6) is 0 Å². The number of morpholine rings is 1. The number of benzene rings is 1. The second-order valence-corrected chi connectivity index (χ2v) is 4.78. The molecule has 1 N–H and O–H groups in total. The molecule has 0 bridgehead atoms. The van der Waals surface area contributed by atoms with Crippen molar-refractivity contribution in [3.05, 3.63) is 47.3 Å². The van der Waals surface area contributed by atoms with Crippen molar-refractivity contribution in [2.24, 2.45) is 0 Å². The molecule has 0 aliphatic carbocycles. The number of nitrogens with one attached hydrogen (secondary N) is 1. The minimum absolute atomic E-state index is 0.119. The Morgan fingerprint density at radius 3 is 3.11 bits per heavy atom. The highest BCUT2D eigenvalue weighted by molar-refractivity contribution is 6.30. The van der Waals surface area contributed by atoms with Crippen molar-refractivity contribution < 1.29 is 9.13 Å². The fraction of sp³-hybridized carbons (Fsp3) is 0.308. The lowest BCUT2D eigenvalue weighted by atomic mass is 10.2. The summed E-state index contributed by atoms with van der Waals surface area (Å²) in [7, 11) is 0. The first-order chi connectivity index (χ1) is 9.25. The van der Waals surface area contributed by atoms with E-state index in [1.807, 2.05) is 0 Å². The molecule has 19 heavy (non-hydrogen) atoms. The van der Waals surface area contributed by atoms with E-state index >= 15 is 0 Å². The third-order valence-electron chi connectivity index (χ3n) is 3.09. The van der Waals surface area contributed by atoms with Crippen molar-refractivity contribution in [3.63, 3.8) is 0 Å². The zero-order valence-electron chi connectivity index (χ0n) is 10.1. The molecule has 0 amide bonds. The Balaban J connectivity index is 1.99. The van der Waals surface area contributed by atoms with Crippen LogP contribution in [-0.4, -0.2) is 29.2 Å². The SMILES string of the molecule is Fc1cc(Cl)ccc1-n1cncc1C1CNCCO1. The van der Waals surface area contributed by atoms with Gasteiger partial charge < -0.3 is 10.1 Å². The van der Waals surface area contributed by atoms with Crippen molar-refractivity contribution in [2.45, 2.75) is 6.10 Å². The molecule has 2 heterocycles. The summed E-state index contributed by atoms with van der Waals surface area (Å²) >= 11 is 5.77. The number of imidazole rings is 1. The second-order valence-electron chi connectivity index (χ2n) is 4.35. The van der Waals surface area contributed by atoms with Crippen LogP contribution in [0.4, 0.5) is 4.39 Å². The summed E-state index contributed by atoms with van der Waals surface area (Å²) in [4.78, 5) is 4.09. The smallest absolute Gasteiger partial charge is 0.148 e. The first kappa shape index (κ1) is 12.6. The Bertz CT molecular complexity index is 581. The molecule has 2 aromatic rings. The van der Waals surface area contributed by atoms with Gasteiger partial charge in [0, 0.05) is 18.1 Å². The lowest BCUT2D eigenvalue weighted by Crippen LogP contribution is -2.34. The van der Waals surface area contributed by atoms with Crippen LogP contribution >= 0.6 is 11.6 Å². The highest BCUT2D eigenvalue weighted by Gasteiger charge is 2.21. The Morgan fingerprint density at radius 1 is 1.47 bits per heavy atom. The molecule has 1 aliphatic heterocycles. The van der Waals surface area contributed by atoms with Crippen LogP contribution in [0.25, 0.3) is 5.69 Å². The third-order valence-corrected chi connectivity index (χ3v) is 3.33. The van der Waals surface area contributed by atoms with Gasteiger partial charge in [-0.15, -0.1) is 0 Å². The van der Waals surface area contributed by atoms with Crippen molar-refractivity contribution >= 4 is 11.6 Å². The fourth-order valence-electron chi connectivity index (χ4n) is 2.18. The molecule has 0 spiro atoms. The molecule has 0 radical (unpaired) electrons. The molecule has 3 rings (SSSR count). The number of rotatable bonds is 2. The number of aromatic nitrogens is 2. The lowest BCUT2D eigenvalue weighted by Gasteiger charge is -2.24. The maximum Gasteiger partial charge on any atom is 0.148 e. The molecule has 1 atom stereocenters. The Labute approximate surface area is 115 Å². The Morgan fingerprint density at radius 2 is 2.37 bits per heavy atom. The largest absolute Gasteiger partial charge is 0.369 e. The van der Waals surface area contributed by atoms with E-state index in [-0.39, 0.29) is 11.9 Å². The summed E-state index contributed by atoms with van der Waals surface area (Å²) in [5, 5.41) is 3.62. The number of nitrogens with zero attached hydrogens (tertiary/aromatic N) is 2. The summed E-state index contributed by atoms with van der Waals surface area (Å²) in [6.07, 6.45) is 3.16. The average Bonchev–Trinajstić information content (AvgIpc) is 2.89. The standard InChI is InChI=1S/C13H13ClFN3O/c14-9-1-2-11(10(15)5-9)18-8-17-6-12(18)13-7-16-3-4-19-13/h1-2,5-6,8,13,16H,3-4,7H2. The first-order valence-electron chi connectivity index (χ1n) is 6.05. The summed E-state index contributed by atoms with van der Waals surface area (Å²) in [6.45, 7) is 2.17. The molecule has 1 aromatic carbocycles. The summed E-state index contributed by atoms with van der Waals surface area (Å²) < 4.78 is 21.3. The Hall–Kier alpha value is -1.43. The van der Waals surface area contributed by atoms with Gasteiger partial charge in [0.1, 0.15) is 11.9 Å². The van der Waals surface area contributed by atoms with E-state index in [4.69, 9.17) is 16.3 Å². The van der Waals surface area contributed by atoms with Gasteiger partial charge in [0.05, 0.1) is 30.5 Å². The third kappa shape index (κ3) is 2.49. The Kier molecular flexibility index (Phi) is 3.50. The normalized spacial score (nSPS) is 19.6. The van der Waals surface area contributed by atoms with Crippen LogP contribution in [0.2, 0.25) is 5.02 Å². The molecule has 100 valence electrons. The van der Waals surface area contributed by atoms with Gasteiger partial charge in [0.25, 0.3) is 0 Å². The van der Waals surface area contributed by atoms with E-state index in [9.17, 15) is 4.39 Å². The quantitative estimate of drug-likeness (QED) is 0.918. The average molecular weight is 282 g/mol. The van der Waals surface area contributed by atoms with Crippen molar-refractivity contribution in [1.82, 2.24) is 14.9 Å². The zero-order chi connectivity index (χ0) is 13.2. The molecule has 6 heteroatoms. The predicted molar refractivity (Wildman–Crippen MR) is 70.1 cm³/mol. The number of halogens is 2. The summed E-state index contributed by atoms with van der Waals surface area (Å²) in [5.74, 6) is -0.379. The first-order valence-corrected chi connectivity index (χ1v) is 6.43. The lowest BCUT2D eigenvalue weighted by molar-refractivity contribution is 0.0240. The number of ether oxygens (including phenoxy) is 1. The summed E-state index contributed by atoms with van der Waals surface area (Å²) in [5.41, 5.74) is 1.25. The molecule has 1 aliphatic rings. The van der Waals surface area contributed by atoms with E-state index in [1.165, 1.54) is 6.07 Å². The predicted octanol–water partition coefficient (Wildman–Crippen LogP) is 2.33. The maximum atomic E-state index is 14.0. The number of hydrogen-bond acceptors (Lipinski definition) is 3. The molecule has 1 aromatic heterocycles. The highest BCUT2D eigenvalue weighted by Crippen LogP contribution is 2.24. The van der Waals surface area contributed by atoms with Crippen molar-refractivity contribution in [3.8, 4) is 5.69 Å². The maximum absolute atomic E-state index is 14.0. The molecule has 0 saturated carbocycles. The van der Waals surface area contributed by atoms with Gasteiger partial charge in [-0.2, -0.15) is 0 Å². The van der Waals surface area contributed by atoms with E-state index in [0.29, 0.717) is 23.9 Å². The van der Waals surface area contributed by atoms with Gasteiger partial charge in [-0.25, -0.2) is 9.37 Å². The van der Waals surface area contributed by atoms with Gasteiger partial charge in [-0.3, -0.25) is 4.57 Å². The molecule has 1 saturated heterocycles. The molecular formula is C13H13ClFN3O. The topological polar surface area (TPSA) is 39.1 Å². The summed E-state index contributed by atoms with van der Waals surface area (Å²) in [6, 6.07) is 4.59. The zero-order valence-corrected chi connectivity index (χ0v) is 10.9. The minimum Gasteiger partial charge on any atom is -0.369 e. The second kappa shape index (κ2) is 5.28. The van der Waals surface area contributed by atoms with Crippen LogP contribution in [-0.2, 0) is 4.74 Å². The monoisotopic (exact) mass is 281 g/mol. The van der Waals surface area contributed by atoms with E-state index in [2.05, 4.69) is 10.3 Å². The highest BCUT2D eigenvalue weighted by atomic mass is 35.5. The van der Waals surface area contributed by atoms with Gasteiger partial charge in [0.15, 0.2) is 0 Å². The van der Waals surface area contributed by atoms with Crippen molar-refractivity contribution in [2.75, 3.05) is 19.7 Å². The van der Waals surface area contributed by atoms with Crippen LogP contribution in [0.3, 0.4) is 0 Å². The van der Waals surface area contributed by atoms with Crippen LogP contribution in [0, 0.1) is 5.82 Å². The van der Waals surface area contributed by atoms with E-state index < -0.39 is 0 Å². The number of hydrogen-bond donors (Lipinski definition) is 1. The molecular weight excluding hydrogens is 269 g/mol. The molecule has 4 nitrogen and oxygen atoms in total. The van der Waals surface area contributed by atoms with Gasteiger partial charge in [0.2, 0.25) is 0 Å². The van der Waals surface area contributed by atoms with E-state index in [0.717, 1.165) is 12.2 Å². The minimum atomic E-state index is -0.379. The van der Waals surface area contributed by atoms with Gasteiger partial charge >= 0.3 is 0 Å². The van der Waals surface area contributed by atoms with Crippen LogP contribution < -0.4 is 5.32 Å². The van der Waals surface area contributed by atoms with Crippen molar-refractivity contribution in [1.29, 1.82) is 0 Å². The van der Waals surface area contributed by atoms with Crippen LogP contribution in [0.15, 0.2) is 30.7 Å². The van der Waals surface area contributed by atoms with E-state index in [1.54, 1.807) is 29.2 Å². The van der Waals surface area contributed by atoms with Gasteiger partial charge in [-0.1, -0.05) is 11.6 Å².